The van der Waals surface area contributed by atoms with E-state index in [2.05, 4.69) is 5.32 Å². The van der Waals surface area contributed by atoms with Crippen LogP contribution in [0.25, 0.3) is 0 Å². The van der Waals surface area contributed by atoms with Crippen LogP contribution < -0.4 is 5.32 Å². The van der Waals surface area contributed by atoms with Crippen LogP contribution in [0.1, 0.15) is 5.56 Å². The van der Waals surface area contributed by atoms with Crippen molar-refractivity contribution in [2.45, 2.75) is 6.92 Å². The Labute approximate surface area is 159 Å². The van der Waals surface area contributed by atoms with Crippen LogP contribution in [0.2, 0.25) is 15.1 Å². The zero-order valence-corrected chi connectivity index (χ0v) is 14.9. The Hall–Kier alpha value is -2.69. The fourth-order valence-electron chi connectivity index (χ4n) is 2.10. The largest absolute Gasteiger partial charge is 0.348 e. The molecule has 0 radical (unpaired) electrons. The lowest BCUT2D eigenvalue weighted by Gasteiger charge is -2.13. The van der Waals surface area contributed by atoms with Gasteiger partial charge in [0.15, 0.2) is 0 Å². The summed E-state index contributed by atoms with van der Waals surface area (Å²) < 4.78 is 0. The average Bonchev–Trinajstić information content (AvgIpc) is 2.53. The lowest BCUT2D eigenvalue weighted by atomic mass is 10.1. The van der Waals surface area contributed by atoms with Gasteiger partial charge in [0.25, 0.3) is 17.1 Å². The molecule has 26 heavy (non-hydrogen) atoms. The quantitative estimate of drug-likeness (QED) is 0.501. The molecule has 0 aliphatic heterocycles. The number of hydrogen-bond donors (Lipinski definition) is 1. The summed E-state index contributed by atoms with van der Waals surface area (Å²) in [7, 11) is 0. The van der Waals surface area contributed by atoms with Gasteiger partial charge < -0.3 is 5.32 Å². The second-order valence-electron chi connectivity index (χ2n) is 4.91. The fourth-order valence-corrected chi connectivity index (χ4v) is 2.76. The molecular weight excluding hydrogens is 415 g/mol. The Bertz CT molecular complexity index is 966. The maximum Gasteiger partial charge on any atom is 0.299 e. The molecule has 1 N–H and O–H groups in total. The van der Waals surface area contributed by atoms with Crippen molar-refractivity contribution in [1.82, 2.24) is 0 Å². The highest BCUT2D eigenvalue weighted by molar-refractivity contribution is 6.37. The lowest BCUT2D eigenvalue weighted by Crippen LogP contribution is -2.03. The zero-order valence-electron chi connectivity index (χ0n) is 12.7. The summed E-state index contributed by atoms with van der Waals surface area (Å²) in [5.41, 5.74) is -1.80. The van der Waals surface area contributed by atoms with Crippen LogP contribution in [-0.2, 0) is 0 Å². The fraction of sp³-hybridized carbons (Fsp3) is 0.0769. The first-order valence-corrected chi connectivity index (χ1v) is 7.70. The molecule has 136 valence electrons. The van der Waals surface area contributed by atoms with Crippen molar-refractivity contribution < 1.29 is 14.8 Å². The minimum Gasteiger partial charge on any atom is -0.348 e. The van der Waals surface area contributed by atoms with Crippen LogP contribution >= 0.6 is 34.8 Å². The molecule has 2 aromatic carbocycles. The number of hydrogen-bond acceptors (Lipinski definition) is 7. The first kappa shape index (κ1) is 19.6. The Morgan fingerprint density at radius 1 is 0.808 bits per heavy atom. The molecule has 0 unspecified atom stereocenters. The Morgan fingerprint density at radius 2 is 1.35 bits per heavy atom. The maximum atomic E-state index is 11.3. The van der Waals surface area contributed by atoms with Crippen LogP contribution in [0.3, 0.4) is 0 Å². The smallest absolute Gasteiger partial charge is 0.299 e. The zero-order chi connectivity index (χ0) is 19.8. The molecule has 0 fully saturated rings. The van der Waals surface area contributed by atoms with E-state index < -0.39 is 31.8 Å². The van der Waals surface area contributed by atoms with Crippen LogP contribution in [0.15, 0.2) is 18.2 Å². The van der Waals surface area contributed by atoms with E-state index in [1.807, 2.05) is 0 Å². The summed E-state index contributed by atoms with van der Waals surface area (Å²) in [5, 5.41) is 35.1. The molecule has 0 saturated carbocycles. The minimum atomic E-state index is -0.845. The van der Waals surface area contributed by atoms with Gasteiger partial charge in [0, 0.05) is 11.6 Å². The van der Waals surface area contributed by atoms with Crippen LogP contribution in [0.5, 0.6) is 0 Å². The summed E-state index contributed by atoms with van der Waals surface area (Å²) in [4.78, 5) is 30.7. The molecule has 2 rings (SSSR count). The summed E-state index contributed by atoms with van der Waals surface area (Å²) in [6, 6.07) is 2.79. The van der Waals surface area contributed by atoms with Gasteiger partial charge in [0.2, 0.25) is 0 Å². The van der Waals surface area contributed by atoms with E-state index in [4.69, 9.17) is 34.8 Å². The van der Waals surface area contributed by atoms with Gasteiger partial charge in [-0.2, -0.15) is 0 Å². The lowest BCUT2D eigenvalue weighted by molar-refractivity contribution is -0.393. The van der Waals surface area contributed by atoms with Crippen molar-refractivity contribution in [3.05, 3.63) is 69.2 Å². The molecule has 2 aromatic rings. The maximum absolute atomic E-state index is 11.3. The molecule has 0 aliphatic rings. The molecule has 13 heteroatoms. The summed E-state index contributed by atoms with van der Waals surface area (Å²) in [6.07, 6.45) is 0. The van der Waals surface area contributed by atoms with Gasteiger partial charge in [-0.3, -0.25) is 30.3 Å². The normalized spacial score (nSPS) is 10.5. The SMILES string of the molecule is Cc1c(Cl)c([N+](=O)[O-])cc([N+](=O)[O-])c1Nc1cc(Cl)c([N+](=O)[O-])cc1Cl. The molecule has 0 atom stereocenters. The number of benzene rings is 2. The van der Waals surface area contributed by atoms with Gasteiger partial charge in [0.1, 0.15) is 15.7 Å². The predicted molar refractivity (Wildman–Crippen MR) is 95.9 cm³/mol. The van der Waals surface area contributed by atoms with E-state index in [-0.39, 0.29) is 32.0 Å². The first-order chi connectivity index (χ1) is 12.0. The second kappa shape index (κ2) is 7.28. The van der Waals surface area contributed by atoms with E-state index >= 15 is 0 Å². The Morgan fingerprint density at radius 3 is 1.85 bits per heavy atom. The molecule has 0 amide bonds. The second-order valence-corrected chi connectivity index (χ2v) is 6.10. The molecule has 0 saturated heterocycles. The van der Waals surface area contributed by atoms with Crippen molar-refractivity contribution in [2.24, 2.45) is 0 Å². The highest BCUT2D eigenvalue weighted by atomic mass is 35.5. The molecule has 0 spiro atoms. The number of rotatable bonds is 5. The van der Waals surface area contributed by atoms with E-state index in [1.165, 1.54) is 6.92 Å². The molecule has 0 bridgehead atoms. The summed E-state index contributed by atoms with van der Waals surface area (Å²) in [6.45, 7) is 1.34. The number of anilines is 2. The van der Waals surface area contributed by atoms with Crippen molar-refractivity contribution in [2.75, 3.05) is 5.32 Å². The van der Waals surface area contributed by atoms with Gasteiger partial charge in [0.05, 0.1) is 31.5 Å². The third kappa shape index (κ3) is 3.62. The van der Waals surface area contributed by atoms with Crippen molar-refractivity contribution in [1.29, 1.82) is 0 Å². The molecule has 10 nitrogen and oxygen atoms in total. The van der Waals surface area contributed by atoms with Gasteiger partial charge in [-0.15, -0.1) is 0 Å². The third-order valence-electron chi connectivity index (χ3n) is 3.34. The molecular formula is C13H7Cl3N4O6. The third-order valence-corrected chi connectivity index (χ3v) is 4.44. The van der Waals surface area contributed by atoms with Crippen molar-refractivity contribution in [3.8, 4) is 0 Å². The monoisotopic (exact) mass is 420 g/mol. The number of nitro benzene ring substituents is 3. The van der Waals surface area contributed by atoms with E-state index in [9.17, 15) is 30.3 Å². The average molecular weight is 422 g/mol. The standard InChI is InChI=1S/C13H7Cl3N4O6/c1-5-12(16)10(19(23)24)4-11(20(25)26)13(5)17-8-2-7(15)9(18(21)22)3-6(8)14/h2-4,17H,1H3. The van der Waals surface area contributed by atoms with Crippen LogP contribution in [-0.4, -0.2) is 14.8 Å². The molecule has 0 heterocycles. The van der Waals surface area contributed by atoms with E-state index in [1.54, 1.807) is 0 Å². The number of halogens is 3. The van der Waals surface area contributed by atoms with Crippen LogP contribution in [0.4, 0.5) is 28.4 Å². The summed E-state index contributed by atoms with van der Waals surface area (Å²) in [5.74, 6) is 0. The predicted octanol–water partition coefficient (Wildman–Crippen LogP) is 5.42. The number of nitrogens with zero attached hydrogens (tertiary/aromatic N) is 3. The molecule has 0 aliphatic carbocycles. The highest BCUT2D eigenvalue weighted by Gasteiger charge is 2.28. The van der Waals surface area contributed by atoms with Crippen molar-refractivity contribution >= 4 is 63.2 Å². The summed E-state index contributed by atoms with van der Waals surface area (Å²) >= 11 is 17.7. The minimum absolute atomic E-state index is 0.0260. The number of nitro groups is 3. The first-order valence-electron chi connectivity index (χ1n) is 6.57. The Kier molecular flexibility index (Phi) is 5.50. The van der Waals surface area contributed by atoms with Crippen LogP contribution in [0, 0.1) is 37.3 Å². The van der Waals surface area contributed by atoms with Gasteiger partial charge >= 0.3 is 0 Å². The van der Waals surface area contributed by atoms with Gasteiger partial charge in [-0.25, -0.2) is 0 Å². The van der Waals surface area contributed by atoms with E-state index in [0.29, 0.717) is 6.07 Å². The van der Waals surface area contributed by atoms with Gasteiger partial charge in [-0.1, -0.05) is 34.8 Å². The Balaban J connectivity index is 2.65. The van der Waals surface area contributed by atoms with E-state index in [0.717, 1.165) is 12.1 Å². The van der Waals surface area contributed by atoms with Gasteiger partial charge in [-0.05, 0) is 13.0 Å². The highest BCUT2D eigenvalue weighted by Crippen LogP contribution is 2.43. The topological polar surface area (TPSA) is 141 Å². The number of nitrogens with one attached hydrogen (secondary N) is 1. The molecule has 0 aromatic heterocycles. The van der Waals surface area contributed by atoms with Crippen molar-refractivity contribution in [3.63, 3.8) is 0 Å².